The number of rotatable bonds is 6. The Morgan fingerprint density at radius 3 is 2.52 bits per heavy atom. The van der Waals surface area contributed by atoms with Crippen molar-refractivity contribution in [2.24, 2.45) is 0 Å². The van der Waals surface area contributed by atoms with Crippen molar-refractivity contribution in [3.8, 4) is 0 Å². The molecule has 2 fully saturated rings. The molecule has 23 heavy (non-hydrogen) atoms. The van der Waals surface area contributed by atoms with Gasteiger partial charge in [-0.25, -0.2) is 8.42 Å². The van der Waals surface area contributed by atoms with Gasteiger partial charge in [0.25, 0.3) is 0 Å². The standard InChI is InChI=1S/C16H24N2O4S/c19-23(20,13-12-22-16-6-11-21-14-16)18-9-7-17(8-10-18)15-4-2-1-3-5-15/h1-5,16H,6-14H2. The van der Waals surface area contributed by atoms with E-state index in [1.807, 2.05) is 18.2 Å². The van der Waals surface area contributed by atoms with E-state index in [0.717, 1.165) is 25.2 Å². The van der Waals surface area contributed by atoms with Crippen LogP contribution in [0.1, 0.15) is 6.42 Å². The van der Waals surface area contributed by atoms with Gasteiger partial charge >= 0.3 is 0 Å². The first-order chi connectivity index (χ1) is 11.1. The molecule has 0 spiro atoms. The summed E-state index contributed by atoms with van der Waals surface area (Å²) >= 11 is 0. The quantitative estimate of drug-likeness (QED) is 0.771. The van der Waals surface area contributed by atoms with Crippen LogP contribution in [0.3, 0.4) is 0 Å². The fourth-order valence-electron chi connectivity index (χ4n) is 2.96. The average Bonchev–Trinajstić information content (AvgIpc) is 3.09. The Morgan fingerprint density at radius 1 is 1.13 bits per heavy atom. The minimum absolute atomic E-state index is 0.0504. The van der Waals surface area contributed by atoms with Gasteiger partial charge in [-0.2, -0.15) is 4.31 Å². The molecule has 128 valence electrons. The highest BCUT2D eigenvalue weighted by molar-refractivity contribution is 7.89. The molecule has 2 aliphatic rings. The normalized spacial score (nSPS) is 23.3. The van der Waals surface area contributed by atoms with Gasteiger partial charge in [-0.1, -0.05) is 18.2 Å². The van der Waals surface area contributed by atoms with Crippen LogP contribution < -0.4 is 4.90 Å². The van der Waals surface area contributed by atoms with E-state index < -0.39 is 10.0 Å². The minimum Gasteiger partial charge on any atom is -0.379 e. The third-order valence-corrected chi connectivity index (χ3v) is 6.17. The summed E-state index contributed by atoms with van der Waals surface area (Å²) in [5.41, 5.74) is 1.15. The van der Waals surface area contributed by atoms with E-state index in [-0.39, 0.29) is 18.5 Å². The van der Waals surface area contributed by atoms with Crippen LogP contribution in [-0.2, 0) is 19.5 Å². The second-order valence-electron chi connectivity index (χ2n) is 5.89. The third kappa shape index (κ3) is 4.44. The zero-order chi connectivity index (χ0) is 16.1. The van der Waals surface area contributed by atoms with Gasteiger partial charge in [-0.05, 0) is 18.6 Å². The van der Waals surface area contributed by atoms with Gasteiger partial charge in [0.2, 0.25) is 10.0 Å². The first-order valence-corrected chi connectivity index (χ1v) is 9.73. The molecular weight excluding hydrogens is 316 g/mol. The van der Waals surface area contributed by atoms with Crippen LogP contribution in [0.5, 0.6) is 0 Å². The Balaban J connectivity index is 1.46. The molecule has 0 aromatic heterocycles. The Morgan fingerprint density at radius 2 is 1.87 bits per heavy atom. The minimum atomic E-state index is -3.24. The number of ether oxygens (including phenoxy) is 2. The van der Waals surface area contributed by atoms with Crippen LogP contribution in [0.4, 0.5) is 5.69 Å². The number of anilines is 1. The van der Waals surface area contributed by atoms with Crippen molar-refractivity contribution in [3.63, 3.8) is 0 Å². The van der Waals surface area contributed by atoms with E-state index in [4.69, 9.17) is 9.47 Å². The molecule has 2 saturated heterocycles. The largest absolute Gasteiger partial charge is 0.379 e. The van der Waals surface area contributed by atoms with Crippen molar-refractivity contribution in [2.45, 2.75) is 12.5 Å². The second kappa shape index (κ2) is 7.61. The van der Waals surface area contributed by atoms with Crippen molar-refractivity contribution in [2.75, 3.05) is 56.7 Å². The molecule has 0 amide bonds. The molecular formula is C16H24N2O4S. The van der Waals surface area contributed by atoms with Gasteiger partial charge in [0.05, 0.1) is 25.1 Å². The maximum Gasteiger partial charge on any atom is 0.216 e. The summed E-state index contributed by atoms with van der Waals surface area (Å²) in [6.45, 7) is 4.04. The van der Waals surface area contributed by atoms with Crippen LogP contribution in [-0.4, -0.2) is 70.6 Å². The predicted molar refractivity (Wildman–Crippen MR) is 89.2 cm³/mol. The Labute approximate surface area is 138 Å². The highest BCUT2D eigenvalue weighted by Gasteiger charge is 2.27. The van der Waals surface area contributed by atoms with Crippen molar-refractivity contribution in [3.05, 3.63) is 30.3 Å². The molecule has 0 radical (unpaired) electrons. The molecule has 2 aliphatic heterocycles. The van der Waals surface area contributed by atoms with Crippen LogP contribution >= 0.6 is 0 Å². The highest BCUT2D eigenvalue weighted by Crippen LogP contribution is 2.17. The Hall–Kier alpha value is -1.15. The van der Waals surface area contributed by atoms with Gasteiger partial charge in [0.1, 0.15) is 0 Å². The topological polar surface area (TPSA) is 59.1 Å². The lowest BCUT2D eigenvalue weighted by atomic mass is 10.2. The smallest absolute Gasteiger partial charge is 0.216 e. The first kappa shape index (κ1) is 16.7. The molecule has 1 aromatic rings. The molecule has 2 heterocycles. The van der Waals surface area contributed by atoms with Crippen molar-refractivity contribution in [1.82, 2.24) is 4.31 Å². The number of nitrogens with zero attached hydrogens (tertiary/aromatic N) is 2. The van der Waals surface area contributed by atoms with Crippen LogP contribution in [0, 0.1) is 0 Å². The molecule has 0 saturated carbocycles. The zero-order valence-corrected chi connectivity index (χ0v) is 14.1. The van der Waals surface area contributed by atoms with E-state index in [9.17, 15) is 8.42 Å². The lowest BCUT2D eigenvalue weighted by Crippen LogP contribution is -2.49. The summed E-state index contributed by atoms with van der Waals surface area (Å²) < 4.78 is 37.2. The van der Waals surface area contributed by atoms with E-state index in [0.29, 0.717) is 26.3 Å². The monoisotopic (exact) mass is 340 g/mol. The molecule has 7 heteroatoms. The van der Waals surface area contributed by atoms with E-state index >= 15 is 0 Å². The summed E-state index contributed by atoms with van der Waals surface area (Å²) in [6, 6.07) is 10.1. The van der Waals surface area contributed by atoms with Crippen molar-refractivity contribution < 1.29 is 17.9 Å². The highest BCUT2D eigenvalue weighted by atomic mass is 32.2. The average molecular weight is 340 g/mol. The third-order valence-electron chi connectivity index (χ3n) is 4.34. The number of hydrogen-bond donors (Lipinski definition) is 0. The maximum atomic E-state index is 12.4. The van der Waals surface area contributed by atoms with Gasteiger partial charge in [0.15, 0.2) is 0 Å². The summed E-state index contributed by atoms with van der Waals surface area (Å²) in [5.74, 6) is 0.0504. The fraction of sp³-hybridized carbons (Fsp3) is 0.625. The van der Waals surface area contributed by atoms with E-state index in [2.05, 4.69) is 17.0 Å². The Kier molecular flexibility index (Phi) is 5.53. The summed E-state index contributed by atoms with van der Waals surface area (Å²) in [7, 11) is -3.24. The van der Waals surface area contributed by atoms with E-state index in [1.165, 1.54) is 0 Å². The van der Waals surface area contributed by atoms with Crippen LogP contribution in [0.2, 0.25) is 0 Å². The lowest BCUT2D eigenvalue weighted by molar-refractivity contribution is 0.0516. The number of piperazine rings is 1. The zero-order valence-electron chi connectivity index (χ0n) is 13.3. The van der Waals surface area contributed by atoms with Gasteiger partial charge in [-0.15, -0.1) is 0 Å². The van der Waals surface area contributed by atoms with Crippen LogP contribution in [0.25, 0.3) is 0 Å². The van der Waals surface area contributed by atoms with Crippen LogP contribution in [0.15, 0.2) is 30.3 Å². The molecule has 0 aliphatic carbocycles. The number of benzene rings is 1. The SMILES string of the molecule is O=S(=O)(CCOC1CCOC1)N1CCN(c2ccccc2)CC1. The van der Waals surface area contributed by atoms with Gasteiger partial charge in [-0.3, -0.25) is 0 Å². The van der Waals surface area contributed by atoms with E-state index in [1.54, 1.807) is 4.31 Å². The molecule has 1 unspecified atom stereocenters. The number of sulfonamides is 1. The molecule has 6 nitrogen and oxygen atoms in total. The lowest BCUT2D eigenvalue weighted by Gasteiger charge is -2.35. The number of hydrogen-bond acceptors (Lipinski definition) is 5. The number of para-hydroxylation sites is 1. The van der Waals surface area contributed by atoms with Crippen molar-refractivity contribution in [1.29, 1.82) is 0 Å². The summed E-state index contributed by atoms with van der Waals surface area (Å²) in [4.78, 5) is 2.22. The van der Waals surface area contributed by atoms with Gasteiger partial charge < -0.3 is 14.4 Å². The molecule has 0 bridgehead atoms. The molecule has 1 atom stereocenters. The maximum absolute atomic E-state index is 12.4. The molecule has 3 rings (SSSR count). The van der Waals surface area contributed by atoms with Crippen molar-refractivity contribution >= 4 is 15.7 Å². The molecule has 1 aromatic carbocycles. The molecule has 0 N–H and O–H groups in total. The first-order valence-electron chi connectivity index (χ1n) is 8.12. The summed E-state index contributed by atoms with van der Waals surface area (Å²) in [5, 5.41) is 0. The fourth-order valence-corrected chi connectivity index (χ4v) is 4.24. The summed E-state index contributed by atoms with van der Waals surface area (Å²) in [6.07, 6.45) is 0.913. The second-order valence-corrected chi connectivity index (χ2v) is 7.98. The Bertz CT molecular complexity index is 579. The predicted octanol–water partition coefficient (Wildman–Crippen LogP) is 0.944. The van der Waals surface area contributed by atoms with Gasteiger partial charge in [0, 0.05) is 38.5 Å².